The van der Waals surface area contributed by atoms with Crippen molar-refractivity contribution >= 4 is 39.3 Å². The number of amides is 1. The fraction of sp³-hybridized carbons (Fsp3) is 0.250. The van der Waals surface area contributed by atoms with Crippen molar-refractivity contribution in [3.63, 3.8) is 0 Å². The van der Waals surface area contributed by atoms with Gasteiger partial charge in [0.2, 0.25) is 5.91 Å². The fourth-order valence-corrected chi connectivity index (χ4v) is 3.52. The second-order valence-corrected chi connectivity index (χ2v) is 6.21. The molecule has 1 aliphatic heterocycles. The van der Waals surface area contributed by atoms with E-state index in [1.54, 1.807) is 11.7 Å². The Morgan fingerprint density at radius 3 is 2.95 bits per heavy atom. The van der Waals surface area contributed by atoms with E-state index in [0.29, 0.717) is 0 Å². The minimum absolute atomic E-state index is 0.0322. The standard InChI is InChI=1S/C12H12BrN5OS/c1-14-10-6-3-7(13)9(4-8(6)17-11(10)19)20-12-15-5-16-18(12)2/h3-5,10,14H,1-2H3,(H,17,19). The van der Waals surface area contributed by atoms with Crippen LogP contribution in [0.25, 0.3) is 0 Å². The number of hydrogen-bond acceptors (Lipinski definition) is 5. The van der Waals surface area contributed by atoms with Crippen LogP contribution >= 0.6 is 27.7 Å². The Morgan fingerprint density at radius 2 is 2.30 bits per heavy atom. The van der Waals surface area contributed by atoms with Gasteiger partial charge in [0.15, 0.2) is 5.16 Å². The summed E-state index contributed by atoms with van der Waals surface area (Å²) in [7, 11) is 3.62. The number of anilines is 1. The third-order valence-corrected chi connectivity index (χ3v) is 5.12. The molecule has 6 nitrogen and oxygen atoms in total. The maximum absolute atomic E-state index is 11.8. The number of likely N-dealkylation sites (N-methyl/N-ethyl adjacent to an activating group) is 1. The average Bonchev–Trinajstić information content (AvgIpc) is 2.93. The summed E-state index contributed by atoms with van der Waals surface area (Å²) in [6.07, 6.45) is 1.52. The van der Waals surface area contributed by atoms with Gasteiger partial charge in [0.05, 0.1) is 0 Å². The highest BCUT2D eigenvalue weighted by Gasteiger charge is 2.30. The Morgan fingerprint density at radius 1 is 1.50 bits per heavy atom. The average molecular weight is 354 g/mol. The zero-order chi connectivity index (χ0) is 14.3. The van der Waals surface area contributed by atoms with E-state index in [4.69, 9.17) is 0 Å². The smallest absolute Gasteiger partial charge is 0.246 e. The monoisotopic (exact) mass is 353 g/mol. The van der Waals surface area contributed by atoms with Gasteiger partial charge in [0, 0.05) is 27.7 Å². The van der Waals surface area contributed by atoms with Crippen LogP contribution in [-0.2, 0) is 11.8 Å². The lowest BCUT2D eigenvalue weighted by Gasteiger charge is -2.09. The molecule has 3 rings (SSSR count). The molecule has 1 atom stereocenters. The summed E-state index contributed by atoms with van der Waals surface area (Å²) in [5, 5.41) is 10.7. The predicted molar refractivity (Wildman–Crippen MR) is 79.7 cm³/mol. The third kappa shape index (κ3) is 2.23. The number of rotatable bonds is 3. The molecule has 1 aromatic heterocycles. The Balaban J connectivity index is 1.98. The molecule has 1 amide bonds. The number of carbonyl (C=O) groups excluding carboxylic acids is 1. The Labute approximate surface area is 128 Å². The first-order valence-electron chi connectivity index (χ1n) is 5.93. The second kappa shape index (κ2) is 5.19. The van der Waals surface area contributed by atoms with Gasteiger partial charge in [-0.25, -0.2) is 9.67 Å². The molecule has 20 heavy (non-hydrogen) atoms. The lowest BCUT2D eigenvalue weighted by atomic mass is 10.1. The molecule has 0 saturated heterocycles. The molecule has 1 aliphatic rings. The van der Waals surface area contributed by atoms with Gasteiger partial charge in [0.25, 0.3) is 0 Å². The van der Waals surface area contributed by atoms with Crippen molar-refractivity contribution in [3.05, 3.63) is 28.5 Å². The SMILES string of the molecule is CNC1C(=O)Nc2cc(Sc3ncnn3C)c(Br)cc21. The number of hydrogen-bond donors (Lipinski definition) is 2. The highest BCUT2D eigenvalue weighted by atomic mass is 79.9. The second-order valence-electron chi connectivity index (χ2n) is 4.35. The number of nitrogens with one attached hydrogen (secondary N) is 2. The molecule has 0 spiro atoms. The first-order valence-corrected chi connectivity index (χ1v) is 7.54. The number of halogens is 1. The summed E-state index contributed by atoms with van der Waals surface area (Å²) in [4.78, 5) is 17.0. The number of aryl methyl sites for hydroxylation is 1. The number of fused-ring (bicyclic) bond motifs is 1. The highest BCUT2D eigenvalue weighted by molar-refractivity contribution is 9.10. The fourth-order valence-electron chi connectivity index (χ4n) is 2.10. The summed E-state index contributed by atoms with van der Waals surface area (Å²) >= 11 is 5.05. The molecular weight excluding hydrogens is 342 g/mol. The molecule has 1 unspecified atom stereocenters. The van der Waals surface area contributed by atoms with Gasteiger partial charge in [-0.2, -0.15) is 5.10 Å². The van der Waals surface area contributed by atoms with E-state index in [1.807, 2.05) is 19.2 Å². The number of carbonyl (C=O) groups is 1. The van der Waals surface area contributed by atoms with Crippen LogP contribution in [0.1, 0.15) is 11.6 Å². The summed E-state index contributed by atoms with van der Waals surface area (Å²) in [6.45, 7) is 0. The molecule has 8 heteroatoms. The zero-order valence-electron chi connectivity index (χ0n) is 10.8. The molecule has 0 radical (unpaired) electrons. The third-order valence-electron chi connectivity index (χ3n) is 3.09. The van der Waals surface area contributed by atoms with E-state index in [0.717, 1.165) is 25.8 Å². The van der Waals surface area contributed by atoms with E-state index < -0.39 is 0 Å². The van der Waals surface area contributed by atoms with Crippen LogP contribution in [0.15, 0.2) is 33.0 Å². The molecule has 0 fully saturated rings. The first-order chi connectivity index (χ1) is 9.60. The molecular formula is C12H12BrN5OS. The number of benzene rings is 1. The summed E-state index contributed by atoms with van der Waals surface area (Å²) in [6, 6.07) is 3.62. The van der Waals surface area contributed by atoms with Crippen LogP contribution in [0.2, 0.25) is 0 Å². The topological polar surface area (TPSA) is 71.8 Å². The molecule has 0 bridgehead atoms. The number of nitrogens with zero attached hydrogens (tertiary/aromatic N) is 3. The van der Waals surface area contributed by atoms with Gasteiger partial charge >= 0.3 is 0 Å². The van der Waals surface area contributed by atoms with Crippen molar-refractivity contribution in [2.24, 2.45) is 7.05 Å². The van der Waals surface area contributed by atoms with Crippen LogP contribution in [-0.4, -0.2) is 27.7 Å². The van der Waals surface area contributed by atoms with Gasteiger partial charge in [-0.15, -0.1) is 0 Å². The van der Waals surface area contributed by atoms with Gasteiger partial charge in [-0.1, -0.05) is 0 Å². The molecule has 0 saturated carbocycles. The van der Waals surface area contributed by atoms with Crippen molar-refractivity contribution in [2.75, 3.05) is 12.4 Å². The minimum Gasteiger partial charge on any atom is -0.324 e. The summed E-state index contributed by atoms with van der Waals surface area (Å²) < 4.78 is 2.64. The Bertz CT molecular complexity index is 686. The van der Waals surface area contributed by atoms with Gasteiger partial charge < -0.3 is 10.6 Å². The van der Waals surface area contributed by atoms with Crippen molar-refractivity contribution in [1.82, 2.24) is 20.1 Å². The van der Waals surface area contributed by atoms with Crippen molar-refractivity contribution < 1.29 is 4.79 Å². The minimum atomic E-state index is -0.296. The van der Waals surface area contributed by atoms with E-state index in [2.05, 4.69) is 36.6 Å². The van der Waals surface area contributed by atoms with Gasteiger partial charge in [0.1, 0.15) is 12.4 Å². The molecule has 1 aromatic carbocycles. The lowest BCUT2D eigenvalue weighted by molar-refractivity contribution is -0.117. The predicted octanol–water partition coefficient (Wildman–Crippen LogP) is 1.94. The number of aromatic nitrogens is 3. The Hall–Kier alpha value is -1.38. The van der Waals surface area contributed by atoms with E-state index in [1.165, 1.54) is 18.1 Å². The summed E-state index contributed by atoms with van der Waals surface area (Å²) in [5.41, 5.74) is 1.79. The van der Waals surface area contributed by atoms with Crippen LogP contribution in [0.5, 0.6) is 0 Å². The molecule has 0 aliphatic carbocycles. The Kier molecular flexibility index (Phi) is 3.53. The molecule has 2 N–H and O–H groups in total. The normalized spacial score (nSPS) is 17.1. The van der Waals surface area contributed by atoms with Crippen LogP contribution in [0.4, 0.5) is 5.69 Å². The maximum atomic E-state index is 11.8. The molecule has 104 valence electrons. The zero-order valence-corrected chi connectivity index (χ0v) is 13.2. The molecule has 2 aromatic rings. The quantitative estimate of drug-likeness (QED) is 0.882. The van der Waals surface area contributed by atoms with Gasteiger partial charge in [-0.3, -0.25) is 4.79 Å². The largest absolute Gasteiger partial charge is 0.324 e. The van der Waals surface area contributed by atoms with Crippen molar-refractivity contribution in [2.45, 2.75) is 16.1 Å². The van der Waals surface area contributed by atoms with E-state index in [-0.39, 0.29) is 11.9 Å². The van der Waals surface area contributed by atoms with E-state index in [9.17, 15) is 4.79 Å². The van der Waals surface area contributed by atoms with E-state index >= 15 is 0 Å². The van der Waals surface area contributed by atoms with Crippen molar-refractivity contribution in [3.8, 4) is 0 Å². The highest BCUT2D eigenvalue weighted by Crippen LogP contribution is 2.40. The van der Waals surface area contributed by atoms with Crippen molar-refractivity contribution in [1.29, 1.82) is 0 Å². The van der Waals surface area contributed by atoms with Crippen LogP contribution < -0.4 is 10.6 Å². The summed E-state index contributed by atoms with van der Waals surface area (Å²) in [5.74, 6) is -0.0322. The first kappa shape index (κ1) is 13.6. The van der Waals surface area contributed by atoms with Crippen LogP contribution in [0.3, 0.4) is 0 Å². The lowest BCUT2D eigenvalue weighted by Crippen LogP contribution is -2.23. The van der Waals surface area contributed by atoms with Crippen LogP contribution in [0, 0.1) is 0 Å². The molecule has 2 heterocycles. The van der Waals surface area contributed by atoms with Gasteiger partial charge in [-0.05, 0) is 46.9 Å². The maximum Gasteiger partial charge on any atom is 0.246 e.